The number of hydrogen-bond donors (Lipinski definition) is 2. The molecule has 1 aliphatic carbocycles. The average molecular weight is 197 g/mol. The van der Waals surface area contributed by atoms with Gasteiger partial charge >= 0.3 is 0 Å². The van der Waals surface area contributed by atoms with Crippen LogP contribution in [0.15, 0.2) is 0 Å². The zero-order chi connectivity index (χ0) is 9.26. The summed E-state index contributed by atoms with van der Waals surface area (Å²) in [6.07, 6.45) is 4.13. The van der Waals surface area contributed by atoms with E-state index in [0.717, 1.165) is 23.0 Å². The molecule has 13 heavy (non-hydrogen) atoms. The van der Waals surface area contributed by atoms with Gasteiger partial charge in [-0.3, -0.25) is 0 Å². The maximum atomic E-state index is 5.64. The Morgan fingerprint density at radius 1 is 1.62 bits per heavy atom. The van der Waals surface area contributed by atoms with Crippen molar-refractivity contribution in [3.63, 3.8) is 0 Å². The minimum absolute atomic E-state index is 0.666. The second kappa shape index (κ2) is 3.54. The first-order valence-corrected chi connectivity index (χ1v) is 5.50. The van der Waals surface area contributed by atoms with Crippen LogP contribution >= 0.6 is 11.5 Å². The summed E-state index contributed by atoms with van der Waals surface area (Å²) in [5.74, 6) is 1.65. The van der Waals surface area contributed by atoms with Crippen molar-refractivity contribution in [2.24, 2.45) is 5.92 Å². The van der Waals surface area contributed by atoms with Crippen LogP contribution in [-0.2, 0) is 0 Å². The highest BCUT2D eigenvalue weighted by Crippen LogP contribution is 2.32. The molecule has 2 rings (SSSR count). The number of hydrogen-bond acceptors (Lipinski definition) is 4. The molecule has 1 aromatic rings. The summed E-state index contributed by atoms with van der Waals surface area (Å²) in [4.78, 5) is 0. The molecule has 0 amide bonds. The molecule has 0 spiro atoms. The quantitative estimate of drug-likeness (QED) is 0.778. The van der Waals surface area contributed by atoms with E-state index in [4.69, 9.17) is 5.73 Å². The number of nitrogen functional groups attached to an aromatic ring is 1. The first kappa shape index (κ1) is 8.81. The minimum Gasteiger partial charge on any atom is -0.383 e. The van der Waals surface area contributed by atoms with Gasteiger partial charge in [0.25, 0.3) is 0 Å². The lowest BCUT2D eigenvalue weighted by Gasteiger charge is -2.02. The highest BCUT2D eigenvalue weighted by atomic mass is 32.1. The Labute approximate surface area is 82.5 Å². The lowest BCUT2D eigenvalue weighted by molar-refractivity contribution is 0.761. The molecule has 0 atom stereocenters. The molecule has 1 aliphatic rings. The van der Waals surface area contributed by atoms with Crippen LogP contribution < -0.4 is 11.1 Å². The van der Waals surface area contributed by atoms with Gasteiger partial charge in [0.1, 0.15) is 10.8 Å². The molecule has 0 bridgehead atoms. The van der Waals surface area contributed by atoms with Gasteiger partial charge in [-0.2, -0.15) is 4.37 Å². The molecule has 1 saturated carbocycles. The Morgan fingerprint density at radius 2 is 2.38 bits per heavy atom. The minimum atomic E-state index is 0.666. The lowest BCUT2D eigenvalue weighted by Crippen LogP contribution is -2.01. The Hall–Kier alpha value is -0.770. The van der Waals surface area contributed by atoms with Gasteiger partial charge in [0, 0.05) is 12.1 Å². The summed E-state index contributed by atoms with van der Waals surface area (Å²) >= 11 is 1.46. The number of nitrogens with one attached hydrogen (secondary N) is 1. The van der Waals surface area contributed by atoms with E-state index in [-0.39, 0.29) is 0 Å². The van der Waals surface area contributed by atoms with Crippen molar-refractivity contribution in [3.8, 4) is 0 Å². The predicted molar refractivity (Wildman–Crippen MR) is 57.1 cm³/mol. The van der Waals surface area contributed by atoms with Crippen LogP contribution in [0.3, 0.4) is 0 Å². The molecule has 0 radical (unpaired) electrons. The molecule has 1 heterocycles. The van der Waals surface area contributed by atoms with Crippen LogP contribution in [0, 0.1) is 12.8 Å². The van der Waals surface area contributed by atoms with E-state index in [1.807, 2.05) is 6.92 Å². The SMILES string of the molecule is Cc1c(N)nsc1NCCC1CC1. The molecule has 0 aromatic carbocycles. The van der Waals surface area contributed by atoms with Crippen LogP contribution in [0.2, 0.25) is 0 Å². The van der Waals surface area contributed by atoms with Gasteiger partial charge in [-0.15, -0.1) is 0 Å². The maximum absolute atomic E-state index is 5.64. The van der Waals surface area contributed by atoms with Crippen molar-refractivity contribution in [2.75, 3.05) is 17.6 Å². The topological polar surface area (TPSA) is 50.9 Å². The predicted octanol–water partition coefficient (Wildman–Crippen LogP) is 2.25. The third kappa shape index (κ3) is 2.12. The van der Waals surface area contributed by atoms with Crippen molar-refractivity contribution >= 4 is 22.4 Å². The van der Waals surface area contributed by atoms with E-state index in [1.165, 1.54) is 30.8 Å². The highest BCUT2D eigenvalue weighted by Gasteiger charge is 2.20. The fourth-order valence-electron chi connectivity index (χ4n) is 1.31. The molecule has 0 saturated heterocycles. The molecule has 3 nitrogen and oxygen atoms in total. The molecular weight excluding hydrogens is 182 g/mol. The summed E-state index contributed by atoms with van der Waals surface area (Å²) in [5, 5.41) is 4.52. The first-order valence-electron chi connectivity index (χ1n) is 4.73. The van der Waals surface area contributed by atoms with Gasteiger partial charge in [-0.25, -0.2) is 0 Å². The Bertz CT molecular complexity index is 291. The Morgan fingerprint density at radius 3 is 2.92 bits per heavy atom. The number of nitrogens with two attached hydrogens (primary N) is 1. The fourth-order valence-corrected chi connectivity index (χ4v) is 2.04. The van der Waals surface area contributed by atoms with E-state index < -0.39 is 0 Å². The fraction of sp³-hybridized carbons (Fsp3) is 0.667. The van der Waals surface area contributed by atoms with Gasteiger partial charge < -0.3 is 11.1 Å². The van der Waals surface area contributed by atoms with E-state index in [1.54, 1.807) is 0 Å². The van der Waals surface area contributed by atoms with Crippen molar-refractivity contribution in [1.82, 2.24) is 4.37 Å². The van der Waals surface area contributed by atoms with Crippen molar-refractivity contribution in [3.05, 3.63) is 5.56 Å². The monoisotopic (exact) mass is 197 g/mol. The summed E-state index contributed by atoms with van der Waals surface area (Å²) in [7, 11) is 0. The summed E-state index contributed by atoms with van der Waals surface area (Å²) < 4.78 is 4.09. The van der Waals surface area contributed by atoms with E-state index in [9.17, 15) is 0 Å². The third-order valence-electron chi connectivity index (χ3n) is 2.50. The van der Waals surface area contributed by atoms with E-state index in [2.05, 4.69) is 9.69 Å². The summed E-state index contributed by atoms with van der Waals surface area (Å²) in [5.41, 5.74) is 6.74. The van der Waals surface area contributed by atoms with Gasteiger partial charge in [0.15, 0.2) is 0 Å². The molecular formula is C9H15N3S. The summed E-state index contributed by atoms with van der Waals surface area (Å²) in [6.45, 7) is 3.07. The Kier molecular flexibility index (Phi) is 2.40. The van der Waals surface area contributed by atoms with Gasteiger partial charge in [0.2, 0.25) is 0 Å². The third-order valence-corrected chi connectivity index (χ3v) is 3.42. The number of aromatic nitrogens is 1. The normalized spacial score (nSPS) is 16.1. The molecule has 1 fully saturated rings. The van der Waals surface area contributed by atoms with Gasteiger partial charge in [-0.1, -0.05) is 12.8 Å². The summed E-state index contributed by atoms with van der Waals surface area (Å²) in [6, 6.07) is 0. The first-order chi connectivity index (χ1) is 6.27. The number of anilines is 2. The number of rotatable bonds is 4. The molecule has 1 aromatic heterocycles. The van der Waals surface area contributed by atoms with Crippen LogP contribution in [0.1, 0.15) is 24.8 Å². The highest BCUT2D eigenvalue weighted by molar-refractivity contribution is 7.10. The largest absolute Gasteiger partial charge is 0.383 e. The molecule has 72 valence electrons. The molecule has 0 aliphatic heterocycles. The van der Waals surface area contributed by atoms with Crippen LogP contribution in [0.25, 0.3) is 0 Å². The van der Waals surface area contributed by atoms with Gasteiger partial charge in [-0.05, 0) is 30.8 Å². The molecule has 4 heteroatoms. The molecule has 3 N–H and O–H groups in total. The second-order valence-electron chi connectivity index (χ2n) is 3.68. The van der Waals surface area contributed by atoms with Crippen LogP contribution in [0.4, 0.5) is 10.8 Å². The van der Waals surface area contributed by atoms with Crippen molar-refractivity contribution in [1.29, 1.82) is 0 Å². The standard InChI is InChI=1S/C9H15N3S/c1-6-8(10)12-13-9(6)11-5-4-7-2-3-7/h7,11H,2-5H2,1H3,(H2,10,12). The number of nitrogens with zero attached hydrogens (tertiary/aromatic N) is 1. The molecule has 0 unspecified atom stereocenters. The van der Waals surface area contributed by atoms with E-state index in [0.29, 0.717) is 5.82 Å². The zero-order valence-corrected chi connectivity index (χ0v) is 8.66. The smallest absolute Gasteiger partial charge is 0.142 e. The lowest BCUT2D eigenvalue weighted by atomic mass is 10.3. The van der Waals surface area contributed by atoms with Crippen molar-refractivity contribution in [2.45, 2.75) is 26.2 Å². The van der Waals surface area contributed by atoms with Crippen LogP contribution in [-0.4, -0.2) is 10.9 Å². The van der Waals surface area contributed by atoms with E-state index >= 15 is 0 Å². The van der Waals surface area contributed by atoms with Crippen LogP contribution in [0.5, 0.6) is 0 Å². The Balaban J connectivity index is 1.82. The van der Waals surface area contributed by atoms with Gasteiger partial charge in [0.05, 0.1) is 0 Å². The second-order valence-corrected chi connectivity index (χ2v) is 4.45. The maximum Gasteiger partial charge on any atom is 0.142 e. The van der Waals surface area contributed by atoms with Crippen molar-refractivity contribution < 1.29 is 0 Å². The average Bonchev–Trinajstić information content (AvgIpc) is 2.88. The zero-order valence-electron chi connectivity index (χ0n) is 7.84.